The van der Waals surface area contributed by atoms with Crippen molar-refractivity contribution < 1.29 is 46.4 Å². The van der Waals surface area contributed by atoms with Crippen LogP contribution in [0.1, 0.15) is 94.7 Å². The molecule has 2 aromatic carbocycles. The summed E-state index contributed by atoms with van der Waals surface area (Å²) in [5, 5.41) is 0. The van der Waals surface area contributed by atoms with Crippen LogP contribution in [-0.2, 0) is 29.7 Å². The maximum absolute atomic E-state index is 13.8. The zero-order valence-corrected chi connectivity index (χ0v) is 29.5. The molecule has 0 atom stereocenters. The highest BCUT2D eigenvalue weighted by Gasteiger charge is 2.26. The Morgan fingerprint density at radius 2 is 1.30 bits per heavy atom. The standard InChI is InChI=1S/C35H51N2O4S.HI/c1-5-7-8-9-10-11-12-13-14-15-26-41-34-21-18-32(27-35(34)40-4)29-37(28-31-22-24-36(6-2)25-23-31)42(38,39)33-19-16-30(3)17-20-33;/h16-25,27H,5-15,26,28-29H2,1-4H3;1H/q+1;/p-1. The van der Waals surface area contributed by atoms with Crippen molar-refractivity contribution in [3.05, 3.63) is 83.7 Å². The molecule has 0 saturated carbocycles. The molecule has 0 bridgehead atoms. The lowest BCUT2D eigenvalue weighted by Crippen LogP contribution is -3.00. The van der Waals surface area contributed by atoms with Crippen molar-refractivity contribution in [3.63, 3.8) is 0 Å². The van der Waals surface area contributed by atoms with E-state index in [0.717, 1.165) is 29.7 Å². The van der Waals surface area contributed by atoms with Crippen molar-refractivity contribution in [2.24, 2.45) is 0 Å². The Bertz CT molecular complexity index is 1300. The highest BCUT2D eigenvalue weighted by atomic mass is 127. The summed E-state index contributed by atoms with van der Waals surface area (Å²) in [6.07, 6.45) is 16.8. The monoisotopic (exact) mass is 722 g/mol. The number of methoxy groups -OCH3 is 1. The summed E-state index contributed by atoms with van der Waals surface area (Å²) in [7, 11) is -2.11. The Hall–Kier alpha value is -2.17. The molecule has 0 aliphatic heterocycles. The number of rotatable bonds is 20. The molecule has 0 N–H and O–H groups in total. The van der Waals surface area contributed by atoms with Crippen molar-refractivity contribution in [2.45, 2.75) is 110 Å². The van der Waals surface area contributed by atoms with Crippen molar-refractivity contribution in [1.82, 2.24) is 4.31 Å². The number of nitrogens with zero attached hydrogens (tertiary/aromatic N) is 2. The predicted molar refractivity (Wildman–Crippen MR) is 170 cm³/mol. The Morgan fingerprint density at radius 1 is 0.721 bits per heavy atom. The first-order valence-corrected chi connectivity index (χ1v) is 17.2. The Balaban J connectivity index is 0.00000645. The van der Waals surface area contributed by atoms with Crippen LogP contribution in [0.4, 0.5) is 0 Å². The van der Waals surface area contributed by atoms with Crippen molar-refractivity contribution >= 4 is 10.0 Å². The largest absolute Gasteiger partial charge is 1.00 e. The Morgan fingerprint density at radius 3 is 1.88 bits per heavy atom. The summed E-state index contributed by atoms with van der Waals surface area (Å²) < 4.78 is 42.9. The average Bonchev–Trinajstić information content (AvgIpc) is 3.00. The van der Waals surface area contributed by atoms with Crippen LogP contribution in [0.25, 0.3) is 0 Å². The fraction of sp³-hybridized carbons (Fsp3) is 0.514. The molecule has 0 aliphatic carbocycles. The molecule has 0 fully saturated rings. The third kappa shape index (κ3) is 12.4. The smallest absolute Gasteiger partial charge is 0.243 e. The Kier molecular flexibility index (Phi) is 17.2. The van der Waals surface area contributed by atoms with E-state index >= 15 is 0 Å². The number of unbranched alkanes of at least 4 members (excludes halogenated alkanes) is 9. The van der Waals surface area contributed by atoms with E-state index in [2.05, 4.69) is 18.4 Å². The van der Waals surface area contributed by atoms with E-state index in [9.17, 15) is 8.42 Å². The van der Waals surface area contributed by atoms with E-state index < -0.39 is 10.0 Å². The molecule has 0 amide bonds. The fourth-order valence-electron chi connectivity index (χ4n) is 5.00. The van der Waals surface area contributed by atoms with Gasteiger partial charge in [-0.25, -0.2) is 13.0 Å². The van der Waals surface area contributed by atoms with E-state index in [0.29, 0.717) is 18.1 Å². The lowest BCUT2D eigenvalue weighted by atomic mass is 10.1. The molecular weight excluding hydrogens is 671 g/mol. The van der Waals surface area contributed by atoms with Crippen molar-refractivity contribution in [2.75, 3.05) is 13.7 Å². The molecule has 43 heavy (non-hydrogen) atoms. The van der Waals surface area contributed by atoms with Gasteiger partial charge in [-0.1, -0.05) is 88.5 Å². The van der Waals surface area contributed by atoms with Crippen LogP contribution < -0.4 is 38.0 Å². The molecule has 6 nitrogen and oxygen atoms in total. The second-order valence-corrected chi connectivity index (χ2v) is 13.1. The third-order valence-electron chi connectivity index (χ3n) is 7.69. The maximum atomic E-state index is 13.8. The second kappa shape index (κ2) is 20.0. The minimum Gasteiger partial charge on any atom is -1.00 e. The molecule has 0 aliphatic rings. The van der Waals surface area contributed by atoms with Gasteiger partial charge < -0.3 is 33.5 Å². The Labute approximate surface area is 277 Å². The molecular formula is C35H51IN2O4S. The molecule has 0 spiro atoms. The highest BCUT2D eigenvalue weighted by Crippen LogP contribution is 2.30. The third-order valence-corrected chi connectivity index (χ3v) is 9.49. The van der Waals surface area contributed by atoms with Crippen LogP contribution in [0.2, 0.25) is 0 Å². The first-order valence-electron chi connectivity index (χ1n) is 15.7. The molecule has 0 saturated heterocycles. The zero-order valence-electron chi connectivity index (χ0n) is 26.6. The summed E-state index contributed by atoms with van der Waals surface area (Å²) in [6.45, 7) is 8.27. The number of sulfonamides is 1. The number of aromatic nitrogens is 1. The van der Waals surface area contributed by atoms with E-state index in [1.807, 2.05) is 61.8 Å². The summed E-state index contributed by atoms with van der Waals surface area (Å²) in [5.41, 5.74) is 2.79. The molecule has 1 heterocycles. The highest BCUT2D eigenvalue weighted by molar-refractivity contribution is 7.89. The number of halogens is 1. The zero-order chi connectivity index (χ0) is 30.2. The van der Waals surface area contributed by atoms with Crippen LogP contribution in [0, 0.1) is 6.92 Å². The second-order valence-electron chi connectivity index (χ2n) is 11.1. The number of hydrogen-bond donors (Lipinski definition) is 0. The van der Waals surface area contributed by atoms with E-state index in [1.165, 1.54) is 62.1 Å². The summed E-state index contributed by atoms with van der Waals surface area (Å²) in [4.78, 5) is 0.288. The molecule has 3 aromatic rings. The molecule has 238 valence electrons. The number of benzene rings is 2. The number of ether oxygens (including phenoxy) is 2. The van der Waals surface area contributed by atoms with Crippen molar-refractivity contribution in [3.8, 4) is 11.5 Å². The quantitative estimate of drug-likeness (QED) is 0.0937. The average molecular weight is 723 g/mol. The first-order chi connectivity index (χ1) is 20.4. The van der Waals surface area contributed by atoms with Crippen molar-refractivity contribution in [1.29, 1.82) is 0 Å². The minimum atomic E-state index is -3.74. The van der Waals surface area contributed by atoms with Gasteiger partial charge in [-0.05, 0) is 55.7 Å². The van der Waals surface area contributed by atoms with Gasteiger partial charge in [0.15, 0.2) is 23.9 Å². The van der Waals surface area contributed by atoms with Gasteiger partial charge >= 0.3 is 0 Å². The number of aryl methyl sites for hydroxylation is 2. The predicted octanol–water partition coefficient (Wildman–Crippen LogP) is 5.01. The van der Waals surface area contributed by atoms with Gasteiger partial charge in [-0.2, -0.15) is 4.31 Å². The van der Waals surface area contributed by atoms with E-state index in [1.54, 1.807) is 19.2 Å². The SMILES string of the molecule is CCCCCCCCCCCCOc1ccc(CN(Cc2cc[n+](CC)cc2)S(=O)(=O)c2ccc(C)cc2)cc1OC.[I-]. The van der Waals surface area contributed by atoms with Gasteiger partial charge in [0.1, 0.15) is 6.54 Å². The summed E-state index contributed by atoms with van der Waals surface area (Å²) in [5.74, 6) is 1.31. The maximum Gasteiger partial charge on any atom is 0.243 e. The summed E-state index contributed by atoms with van der Waals surface area (Å²) >= 11 is 0. The van der Waals surface area contributed by atoms with Crippen LogP contribution in [0.5, 0.6) is 11.5 Å². The molecule has 0 unspecified atom stereocenters. The summed E-state index contributed by atoms with van der Waals surface area (Å²) in [6, 6.07) is 16.7. The number of pyridine rings is 1. The number of hydrogen-bond acceptors (Lipinski definition) is 4. The normalized spacial score (nSPS) is 11.4. The van der Waals surface area contributed by atoms with E-state index in [4.69, 9.17) is 9.47 Å². The lowest BCUT2D eigenvalue weighted by molar-refractivity contribution is -0.693. The lowest BCUT2D eigenvalue weighted by Gasteiger charge is -2.23. The molecule has 1 aromatic heterocycles. The van der Waals surface area contributed by atoms with Gasteiger partial charge in [-0.3, -0.25) is 0 Å². The first kappa shape index (κ1) is 37.0. The molecule has 0 radical (unpaired) electrons. The topological polar surface area (TPSA) is 59.7 Å². The van der Waals surface area contributed by atoms with Gasteiger partial charge in [0.25, 0.3) is 0 Å². The molecule has 8 heteroatoms. The van der Waals surface area contributed by atoms with Crippen LogP contribution >= 0.6 is 0 Å². The fourth-order valence-corrected chi connectivity index (χ4v) is 6.41. The minimum absolute atomic E-state index is 0. The van der Waals surface area contributed by atoms with E-state index in [-0.39, 0.29) is 42.0 Å². The van der Waals surface area contributed by atoms with Crippen LogP contribution in [-0.4, -0.2) is 26.4 Å². The van der Waals surface area contributed by atoms with Crippen LogP contribution in [0.15, 0.2) is 71.9 Å². The van der Waals surface area contributed by atoms with Gasteiger partial charge in [-0.15, -0.1) is 0 Å². The van der Waals surface area contributed by atoms with Crippen LogP contribution in [0.3, 0.4) is 0 Å². The van der Waals surface area contributed by atoms with Gasteiger partial charge in [0, 0.05) is 25.2 Å². The van der Waals surface area contributed by atoms with Gasteiger partial charge in [0.05, 0.1) is 18.6 Å². The molecule has 3 rings (SSSR count). The van der Waals surface area contributed by atoms with Gasteiger partial charge in [0.2, 0.25) is 10.0 Å².